The van der Waals surface area contributed by atoms with Crippen LogP contribution < -0.4 is 10.1 Å². The zero-order valence-electron chi connectivity index (χ0n) is 12.4. The molecule has 112 valence electrons. The molecule has 0 aliphatic carbocycles. The van der Waals surface area contributed by atoms with E-state index in [1.165, 1.54) is 13.4 Å². The van der Waals surface area contributed by atoms with Gasteiger partial charge < -0.3 is 10.1 Å². The summed E-state index contributed by atoms with van der Waals surface area (Å²) in [6.45, 7) is 7.08. The predicted molar refractivity (Wildman–Crippen MR) is 75.9 cm³/mol. The number of hydrogen-bond donors (Lipinski definition) is 1. The molecule has 1 N–H and O–H groups in total. The van der Waals surface area contributed by atoms with Crippen LogP contribution in [0.3, 0.4) is 0 Å². The van der Waals surface area contributed by atoms with E-state index >= 15 is 0 Å². The first-order valence-corrected chi connectivity index (χ1v) is 6.75. The number of nitrogens with zero attached hydrogens (tertiary/aromatic N) is 3. The van der Waals surface area contributed by atoms with Crippen LogP contribution in [0.4, 0.5) is 5.69 Å². The highest BCUT2D eigenvalue weighted by Crippen LogP contribution is 2.27. The molecule has 0 aliphatic heterocycles. The van der Waals surface area contributed by atoms with Gasteiger partial charge in [0.1, 0.15) is 12.0 Å². The van der Waals surface area contributed by atoms with Crippen molar-refractivity contribution in [2.45, 2.75) is 39.7 Å². The molecule has 1 aromatic heterocycles. The van der Waals surface area contributed by atoms with Crippen molar-refractivity contribution in [2.24, 2.45) is 5.92 Å². The molecule has 0 fully saturated rings. The predicted octanol–water partition coefficient (Wildman–Crippen LogP) is 1.96. The number of rotatable bonds is 8. The molecule has 1 atom stereocenters. The SMILES string of the molecule is CCNC(Cc1ncnc(OC)c1[N+](=O)[O-])CC(C)C. The molecule has 0 radical (unpaired) electrons. The van der Waals surface area contributed by atoms with Crippen molar-refractivity contribution in [1.29, 1.82) is 0 Å². The minimum Gasteiger partial charge on any atom is -0.476 e. The third kappa shape index (κ3) is 4.41. The van der Waals surface area contributed by atoms with Crippen LogP contribution in [0.15, 0.2) is 6.33 Å². The summed E-state index contributed by atoms with van der Waals surface area (Å²) < 4.78 is 4.96. The van der Waals surface area contributed by atoms with Gasteiger partial charge in [-0.2, -0.15) is 4.98 Å². The van der Waals surface area contributed by atoms with Crippen molar-refractivity contribution in [3.8, 4) is 5.88 Å². The fourth-order valence-electron chi connectivity index (χ4n) is 2.21. The summed E-state index contributed by atoms with van der Waals surface area (Å²) in [6, 6.07) is 0.151. The standard InChI is InChI=1S/C13H22N4O3/c1-5-14-10(6-9(2)3)7-11-12(17(18)19)13(20-4)16-8-15-11/h8-10,14H,5-7H2,1-4H3. The fraction of sp³-hybridized carbons (Fsp3) is 0.692. The number of ether oxygens (including phenoxy) is 1. The van der Waals surface area contributed by atoms with Gasteiger partial charge in [-0.3, -0.25) is 10.1 Å². The summed E-state index contributed by atoms with van der Waals surface area (Å²) >= 11 is 0. The van der Waals surface area contributed by atoms with E-state index in [2.05, 4.69) is 29.1 Å². The first kappa shape index (κ1) is 16.3. The van der Waals surface area contributed by atoms with Crippen LogP contribution in [0.25, 0.3) is 0 Å². The van der Waals surface area contributed by atoms with E-state index in [4.69, 9.17) is 4.74 Å². The van der Waals surface area contributed by atoms with Crippen LogP contribution in [0.5, 0.6) is 5.88 Å². The minimum absolute atomic E-state index is 0.0137. The monoisotopic (exact) mass is 282 g/mol. The highest BCUT2D eigenvalue weighted by molar-refractivity contribution is 5.44. The summed E-state index contributed by atoms with van der Waals surface area (Å²) in [4.78, 5) is 18.6. The number of methoxy groups -OCH3 is 1. The maximum Gasteiger partial charge on any atom is 0.352 e. The lowest BCUT2D eigenvalue weighted by Crippen LogP contribution is -2.32. The van der Waals surface area contributed by atoms with Gasteiger partial charge in [-0.1, -0.05) is 20.8 Å². The van der Waals surface area contributed by atoms with Crippen LogP contribution in [-0.2, 0) is 6.42 Å². The van der Waals surface area contributed by atoms with E-state index < -0.39 is 4.92 Å². The fourth-order valence-corrected chi connectivity index (χ4v) is 2.21. The molecule has 7 heteroatoms. The molecule has 0 aromatic carbocycles. The van der Waals surface area contributed by atoms with Crippen molar-refractivity contribution in [3.05, 3.63) is 22.1 Å². The van der Waals surface area contributed by atoms with Crippen LogP contribution >= 0.6 is 0 Å². The van der Waals surface area contributed by atoms with Gasteiger partial charge in [0, 0.05) is 12.5 Å². The van der Waals surface area contributed by atoms with Gasteiger partial charge in [-0.25, -0.2) is 4.98 Å². The molecule has 0 saturated heterocycles. The van der Waals surface area contributed by atoms with Gasteiger partial charge in [0.25, 0.3) is 5.88 Å². The van der Waals surface area contributed by atoms with Gasteiger partial charge in [-0.05, 0) is 18.9 Å². The van der Waals surface area contributed by atoms with Crippen molar-refractivity contribution >= 4 is 5.69 Å². The van der Waals surface area contributed by atoms with E-state index in [0.717, 1.165) is 13.0 Å². The quantitative estimate of drug-likeness (QED) is 0.579. The second-order valence-electron chi connectivity index (χ2n) is 5.02. The second kappa shape index (κ2) is 7.74. The van der Waals surface area contributed by atoms with Crippen LogP contribution in [0, 0.1) is 16.0 Å². The first-order valence-electron chi connectivity index (χ1n) is 6.75. The zero-order chi connectivity index (χ0) is 15.1. The summed E-state index contributed by atoms with van der Waals surface area (Å²) in [5, 5.41) is 14.5. The van der Waals surface area contributed by atoms with Crippen LogP contribution in [0.1, 0.15) is 32.9 Å². The average Bonchev–Trinajstić information content (AvgIpc) is 2.37. The highest BCUT2D eigenvalue weighted by atomic mass is 16.6. The molecule has 0 saturated carbocycles. The van der Waals surface area contributed by atoms with Crippen molar-refractivity contribution in [2.75, 3.05) is 13.7 Å². The third-order valence-electron chi connectivity index (χ3n) is 2.93. The molecule has 7 nitrogen and oxygen atoms in total. The molecule has 20 heavy (non-hydrogen) atoms. The lowest BCUT2D eigenvalue weighted by Gasteiger charge is -2.19. The molecular formula is C13H22N4O3. The zero-order valence-corrected chi connectivity index (χ0v) is 12.4. The van der Waals surface area contributed by atoms with E-state index in [-0.39, 0.29) is 17.6 Å². The van der Waals surface area contributed by atoms with Gasteiger partial charge >= 0.3 is 5.69 Å². The van der Waals surface area contributed by atoms with E-state index in [1.807, 2.05) is 6.92 Å². The van der Waals surface area contributed by atoms with Gasteiger partial charge in [0.15, 0.2) is 0 Å². The molecule has 0 bridgehead atoms. The maximum absolute atomic E-state index is 11.2. The lowest BCUT2D eigenvalue weighted by atomic mass is 9.99. The Morgan fingerprint density at radius 3 is 2.65 bits per heavy atom. The number of nitrogens with one attached hydrogen (secondary N) is 1. The van der Waals surface area contributed by atoms with E-state index in [0.29, 0.717) is 18.0 Å². The first-order chi connectivity index (χ1) is 9.49. The van der Waals surface area contributed by atoms with E-state index in [1.54, 1.807) is 0 Å². The Hall–Kier alpha value is -1.76. The van der Waals surface area contributed by atoms with E-state index in [9.17, 15) is 10.1 Å². The van der Waals surface area contributed by atoms with Crippen molar-refractivity contribution in [3.63, 3.8) is 0 Å². The topological polar surface area (TPSA) is 90.2 Å². The maximum atomic E-state index is 11.2. The molecular weight excluding hydrogens is 260 g/mol. The van der Waals surface area contributed by atoms with Gasteiger partial charge in [0.2, 0.25) is 0 Å². The lowest BCUT2D eigenvalue weighted by molar-refractivity contribution is -0.387. The molecule has 1 heterocycles. The molecule has 1 aromatic rings. The van der Waals surface area contributed by atoms with Gasteiger partial charge in [0.05, 0.1) is 12.0 Å². The highest BCUT2D eigenvalue weighted by Gasteiger charge is 2.25. The Morgan fingerprint density at radius 1 is 1.45 bits per heavy atom. The summed E-state index contributed by atoms with van der Waals surface area (Å²) in [6.07, 6.45) is 2.72. The average molecular weight is 282 g/mol. The molecule has 1 rings (SSSR count). The van der Waals surface area contributed by atoms with Crippen molar-refractivity contribution in [1.82, 2.24) is 15.3 Å². The van der Waals surface area contributed by atoms with Crippen LogP contribution in [-0.4, -0.2) is 34.6 Å². The number of nitro groups is 1. The van der Waals surface area contributed by atoms with Gasteiger partial charge in [-0.15, -0.1) is 0 Å². The second-order valence-corrected chi connectivity index (χ2v) is 5.02. The molecule has 0 spiro atoms. The van der Waals surface area contributed by atoms with Crippen molar-refractivity contribution < 1.29 is 9.66 Å². The normalized spacial score (nSPS) is 12.4. The Balaban J connectivity index is 3.02. The number of hydrogen-bond acceptors (Lipinski definition) is 6. The number of likely N-dealkylation sites (N-methyl/N-ethyl adjacent to an activating group) is 1. The molecule has 1 unspecified atom stereocenters. The number of aromatic nitrogens is 2. The Bertz CT molecular complexity index is 451. The Kier molecular flexibility index (Phi) is 6.30. The largest absolute Gasteiger partial charge is 0.476 e. The Morgan fingerprint density at radius 2 is 2.15 bits per heavy atom. The smallest absolute Gasteiger partial charge is 0.352 e. The third-order valence-corrected chi connectivity index (χ3v) is 2.93. The molecule has 0 amide bonds. The summed E-state index contributed by atoms with van der Waals surface area (Å²) in [5.41, 5.74) is 0.273. The van der Waals surface area contributed by atoms with Crippen LogP contribution in [0.2, 0.25) is 0 Å². The Labute approximate surface area is 118 Å². The molecule has 0 aliphatic rings. The summed E-state index contributed by atoms with van der Waals surface area (Å²) in [5.74, 6) is 0.515. The summed E-state index contributed by atoms with van der Waals surface area (Å²) in [7, 11) is 1.37. The minimum atomic E-state index is -0.480.